The molecule has 0 saturated carbocycles. The van der Waals surface area contributed by atoms with Gasteiger partial charge < -0.3 is 0 Å². The first-order chi connectivity index (χ1) is 12.7. The molecule has 138 valence electrons. The molecule has 3 aromatic rings. The molecule has 3 rings (SSSR count). The minimum absolute atomic E-state index is 0.0754. The van der Waals surface area contributed by atoms with E-state index in [0.717, 1.165) is 18.2 Å². The standard InChI is InChI=1S/C19H12F4N2O2/c1-3-14(26)17-16-12(20)8-5-9-13(16)25(24-17)18(27)15-10(2)6-4-7-11(15)19(21,22)23/h3-9H,1H2,2H3. The molecule has 0 saturated heterocycles. The quantitative estimate of drug-likeness (QED) is 0.383. The second-order valence-electron chi connectivity index (χ2n) is 5.76. The molecule has 0 N–H and O–H groups in total. The summed E-state index contributed by atoms with van der Waals surface area (Å²) in [6.07, 6.45) is -3.89. The summed E-state index contributed by atoms with van der Waals surface area (Å²) in [5, 5.41) is 3.55. The Balaban J connectivity index is 2.33. The van der Waals surface area contributed by atoms with E-state index >= 15 is 0 Å². The Morgan fingerprint density at radius 1 is 1.15 bits per heavy atom. The molecule has 0 bridgehead atoms. The summed E-state index contributed by atoms with van der Waals surface area (Å²) < 4.78 is 54.9. The van der Waals surface area contributed by atoms with Crippen molar-refractivity contribution in [2.24, 2.45) is 0 Å². The number of ketones is 1. The monoisotopic (exact) mass is 376 g/mol. The fourth-order valence-electron chi connectivity index (χ4n) is 2.85. The van der Waals surface area contributed by atoms with E-state index in [1.807, 2.05) is 0 Å². The van der Waals surface area contributed by atoms with Gasteiger partial charge in [0.2, 0.25) is 5.78 Å². The van der Waals surface area contributed by atoms with Crippen LogP contribution in [-0.2, 0) is 6.18 Å². The Labute approximate surface area is 150 Å². The fraction of sp³-hybridized carbons (Fsp3) is 0.105. The Bertz CT molecular complexity index is 1100. The predicted molar refractivity (Wildman–Crippen MR) is 90.1 cm³/mol. The fourth-order valence-corrected chi connectivity index (χ4v) is 2.85. The van der Waals surface area contributed by atoms with Gasteiger partial charge in [-0.3, -0.25) is 9.59 Å². The molecule has 0 aliphatic carbocycles. The van der Waals surface area contributed by atoms with E-state index in [-0.39, 0.29) is 16.5 Å². The zero-order valence-electron chi connectivity index (χ0n) is 14.0. The molecular formula is C19H12F4N2O2. The Morgan fingerprint density at radius 2 is 1.81 bits per heavy atom. The summed E-state index contributed by atoms with van der Waals surface area (Å²) in [4.78, 5) is 24.9. The number of rotatable bonds is 3. The van der Waals surface area contributed by atoms with Gasteiger partial charge in [0.1, 0.15) is 11.5 Å². The van der Waals surface area contributed by atoms with Crippen LogP contribution in [0.3, 0.4) is 0 Å². The molecular weight excluding hydrogens is 364 g/mol. The van der Waals surface area contributed by atoms with Crippen LogP contribution >= 0.6 is 0 Å². The summed E-state index contributed by atoms with van der Waals surface area (Å²) in [7, 11) is 0. The molecule has 0 fully saturated rings. The number of halogens is 4. The number of carbonyl (C=O) groups is 2. The molecule has 1 heterocycles. The average molecular weight is 376 g/mol. The van der Waals surface area contributed by atoms with Gasteiger partial charge in [0.05, 0.1) is 22.0 Å². The predicted octanol–water partition coefficient (Wildman–Crippen LogP) is 4.56. The number of hydrogen-bond donors (Lipinski definition) is 0. The topological polar surface area (TPSA) is 52.0 Å². The van der Waals surface area contributed by atoms with Crippen LogP contribution in [0.4, 0.5) is 17.6 Å². The zero-order chi connectivity index (χ0) is 19.9. The van der Waals surface area contributed by atoms with Crippen LogP contribution in [0.5, 0.6) is 0 Å². The lowest BCUT2D eigenvalue weighted by Crippen LogP contribution is -2.21. The highest BCUT2D eigenvalue weighted by Crippen LogP contribution is 2.34. The lowest BCUT2D eigenvalue weighted by molar-refractivity contribution is -0.138. The molecule has 0 aliphatic heterocycles. The van der Waals surface area contributed by atoms with Crippen LogP contribution in [0, 0.1) is 12.7 Å². The highest BCUT2D eigenvalue weighted by molar-refractivity contribution is 6.14. The summed E-state index contributed by atoms with van der Waals surface area (Å²) >= 11 is 0. The third kappa shape index (κ3) is 3.03. The number of aryl methyl sites for hydroxylation is 1. The smallest absolute Gasteiger partial charge is 0.287 e. The van der Waals surface area contributed by atoms with Crippen molar-refractivity contribution in [2.45, 2.75) is 13.1 Å². The molecule has 4 nitrogen and oxygen atoms in total. The molecule has 1 aromatic heterocycles. The first-order valence-electron chi connectivity index (χ1n) is 7.72. The number of allylic oxidation sites excluding steroid dienone is 1. The SMILES string of the molecule is C=CC(=O)c1nn(C(=O)c2c(C)cccc2C(F)(F)F)c2cccc(F)c12. The number of benzene rings is 2. The molecule has 0 radical (unpaired) electrons. The van der Waals surface area contributed by atoms with E-state index in [2.05, 4.69) is 11.7 Å². The van der Waals surface area contributed by atoms with Crippen LogP contribution in [0.15, 0.2) is 49.1 Å². The van der Waals surface area contributed by atoms with Crippen LogP contribution in [0.25, 0.3) is 10.9 Å². The molecule has 0 spiro atoms. The molecule has 0 atom stereocenters. The molecule has 0 aliphatic rings. The number of aromatic nitrogens is 2. The van der Waals surface area contributed by atoms with Gasteiger partial charge >= 0.3 is 6.18 Å². The summed E-state index contributed by atoms with van der Waals surface area (Å²) in [5.41, 5.74) is -2.18. The van der Waals surface area contributed by atoms with E-state index in [9.17, 15) is 27.2 Å². The molecule has 0 unspecified atom stereocenters. The maximum Gasteiger partial charge on any atom is 0.417 e. The molecule has 0 amide bonds. The normalized spacial score (nSPS) is 11.6. The number of hydrogen-bond acceptors (Lipinski definition) is 3. The van der Waals surface area contributed by atoms with Gasteiger partial charge in [0.25, 0.3) is 5.91 Å². The summed E-state index contributed by atoms with van der Waals surface area (Å²) in [5.74, 6) is -2.69. The minimum atomic E-state index is -4.77. The first kappa shape index (κ1) is 18.5. The third-order valence-corrected chi connectivity index (χ3v) is 4.06. The van der Waals surface area contributed by atoms with Crippen LogP contribution in [-0.4, -0.2) is 21.5 Å². The maximum atomic E-state index is 14.2. The third-order valence-electron chi connectivity index (χ3n) is 4.06. The molecule has 2 aromatic carbocycles. The number of nitrogens with zero attached hydrogens (tertiary/aromatic N) is 2. The molecule has 27 heavy (non-hydrogen) atoms. The van der Waals surface area contributed by atoms with Gasteiger partial charge in [-0.05, 0) is 36.8 Å². The van der Waals surface area contributed by atoms with Gasteiger partial charge in [-0.15, -0.1) is 0 Å². The van der Waals surface area contributed by atoms with Crippen LogP contribution in [0.1, 0.15) is 32.0 Å². The van der Waals surface area contributed by atoms with Gasteiger partial charge in [0.15, 0.2) is 0 Å². The second kappa shape index (κ2) is 6.46. The molecule has 8 heteroatoms. The van der Waals surface area contributed by atoms with Crippen molar-refractivity contribution in [2.75, 3.05) is 0 Å². The van der Waals surface area contributed by atoms with Crippen molar-refractivity contribution in [1.82, 2.24) is 9.78 Å². The summed E-state index contributed by atoms with van der Waals surface area (Å²) in [6.45, 7) is 4.64. The van der Waals surface area contributed by atoms with Crippen molar-refractivity contribution in [3.8, 4) is 0 Å². The van der Waals surface area contributed by atoms with E-state index in [1.165, 1.54) is 31.2 Å². The van der Waals surface area contributed by atoms with Crippen LogP contribution < -0.4 is 0 Å². The van der Waals surface area contributed by atoms with Crippen molar-refractivity contribution >= 4 is 22.6 Å². The zero-order valence-corrected chi connectivity index (χ0v) is 14.0. The van der Waals surface area contributed by atoms with Gasteiger partial charge in [-0.2, -0.15) is 23.0 Å². The Morgan fingerprint density at radius 3 is 2.44 bits per heavy atom. The number of alkyl halides is 3. The average Bonchev–Trinajstić information content (AvgIpc) is 3.00. The second-order valence-corrected chi connectivity index (χ2v) is 5.76. The lowest BCUT2D eigenvalue weighted by atomic mass is 10.0. The van der Waals surface area contributed by atoms with Crippen molar-refractivity contribution < 1.29 is 27.2 Å². The van der Waals surface area contributed by atoms with Gasteiger partial charge in [-0.25, -0.2) is 4.39 Å². The Hall–Kier alpha value is -3.29. The highest BCUT2D eigenvalue weighted by atomic mass is 19.4. The summed E-state index contributed by atoms with van der Waals surface area (Å²) in [6, 6.07) is 6.95. The van der Waals surface area contributed by atoms with E-state index in [1.54, 1.807) is 0 Å². The van der Waals surface area contributed by atoms with E-state index in [0.29, 0.717) is 4.68 Å². The van der Waals surface area contributed by atoms with E-state index in [4.69, 9.17) is 0 Å². The first-order valence-corrected chi connectivity index (χ1v) is 7.72. The Kier molecular flexibility index (Phi) is 4.43. The van der Waals surface area contributed by atoms with Crippen molar-refractivity contribution in [3.63, 3.8) is 0 Å². The van der Waals surface area contributed by atoms with Crippen molar-refractivity contribution in [1.29, 1.82) is 0 Å². The number of fused-ring (bicyclic) bond motifs is 1. The van der Waals surface area contributed by atoms with Gasteiger partial charge in [-0.1, -0.05) is 24.8 Å². The van der Waals surface area contributed by atoms with Gasteiger partial charge in [0, 0.05) is 0 Å². The van der Waals surface area contributed by atoms with E-state index < -0.39 is 40.5 Å². The number of carbonyl (C=O) groups excluding carboxylic acids is 2. The largest absolute Gasteiger partial charge is 0.417 e. The van der Waals surface area contributed by atoms with Crippen molar-refractivity contribution in [3.05, 3.63) is 77.3 Å². The minimum Gasteiger partial charge on any atom is -0.287 e. The van der Waals surface area contributed by atoms with Crippen LogP contribution in [0.2, 0.25) is 0 Å². The highest BCUT2D eigenvalue weighted by Gasteiger charge is 2.37. The lowest BCUT2D eigenvalue weighted by Gasteiger charge is -2.14. The maximum absolute atomic E-state index is 14.2.